The first-order valence-corrected chi connectivity index (χ1v) is 9.46. The van der Waals surface area contributed by atoms with E-state index in [0.717, 1.165) is 23.3 Å². The first-order chi connectivity index (χ1) is 11.8. The van der Waals surface area contributed by atoms with Crippen LogP contribution in [-0.4, -0.2) is 35.9 Å². The van der Waals surface area contributed by atoms with Crippen molar-refractivity contribution in [3.63, 3.8) is 0 Å². The number of aromatic hydroxyl groups is 1. The Morgan fingerprint density at radius 2 is 1.96 bits per heavy atom. The van der Waals surface area contributed by atoms with Gasteiger partial charge in [-0.3, -0.25) is 4.79 Å². The zero-order chi connectivity index (χ0) is 18.3. The van der Waals surface area contributed by atoms with Crippen LogP contribution in [0.1, 0.15) is 36.8 Å². The number of carbonyl (C=O) groups is 1. The van der Waals surface area contributed by atoms with Gasteiger partial charge in [-0.05, 0) is 81.2 Å². The van der Waals surface area contributed by atoms with Gasteiger partial charge in [-0.2, -0.15) is 0 Å². The number of ketones is 1. The zero-order valence-corrected chi connectivity index (χ0v) is 16.5. The number of allylic oxidation sites excluding steroid dienone is 1. The van der Waals surface area contributed by atoms with E-state index >= 15 is 0 Å². The molecule has 132 valence electrons. The lowest BCUT2D eigenvalue weighted by atomic mass is 10.1. The van der Waals surface area contributed by atoms with Crippen LogP contribution in [0.5, 0.6) is 5.75 Å². The van der Waals surface area contributed by atoms with Crippen molar-refractivity contribution in [2.45, 2.75) is 32.7 Å². The Hall–Kier alpha value is -1.62. The number of hydrogen-bond donors (Lipinski definition) is 1. The van der Waals surface area contributed by atoms with Crippen molar-refractivity contribution in [1.82, 2.24) is 4.90 Å². The van der Waals surface area contributed by atoms with Crippen LogP contribution >= 0.6 is 22.9 Å². The summed E-state index contributed by atoms with van der Waals surface area (Å²) in [6.07, 6.45) is 5.33. The van der Waals surface area contributed by atoms with E-state index in [1.807, 2.05) is 6.07 Å². The van der Waals surface area contributed by atoms with Crippen molar-refractivity contribution in [2.24, 2.45) is 0 Å². The molecule has 0 saturated carbocycles. The van der Waals surface area contributed by atoms with Gasteiger partial charge >= 0.3 is 0 Å². The molecule has 3 nitrogen and oxygen atoms in total. The summed E-state index contributed by atoms with van der Waals surface area (Å²) >= 11 is 7.60. The molecule has 0 saturated heterocycles. The number of carbonyl (C=O) groups excluding carboxylic acids is 1. The molecule has 0 radical (unpaired) electrons. The van der Waals surface area contributed by atoms with Crippen molar-refractivity contribution >= 4 is 34.8 Å². The number of fused-ring (bicyclic) bond motifs is 1. The van der Waals surface area contributed by atoms with Crippen LogP contribution in [0.15, 0.2) is 18.2 Å². The molecule has 25 heavy (non-hydrogen) atoms. The van der Waals surface area contributed by atoms with Crippen molar-refractivity contribution in [3.8, 4) is 5.75 Å². The molecule has 0 unspecified atom stereocenters. The van der Waals surface area contributed by atoms with Gasteiger partial charge < -0.3 is 10.0 Å². The third-order valence-corrected chi connectivity index (χ3v) is 6.35. The Labute approximate surface area is 157 Å². The fourth-order valence-corrected chi connectivity index (χ4v) is 4.73. The predicted octanol–water partition coefficient (Wildman–Crippen LogP) is 4.65. The lowest BCUT2D eigenvalue weighted by Crippen LogP contribution is -2.28. The zero-order valence-electron chi connectivity index (χ0n) is 14.9. The van der Waals surface area contributed by atoms with Crippen LogP contribution in [0.3, 0.4) is 0 Å². The molecule has 0 bridgehead atoms. The van der Waals surface area contributed by atoms with E-state index in [9.17, 15) is 9.90 Å². The largest absolute Gasteiger partial charge is 0.506 e. The van der Waals surface area contributed by atoms with Crippen LogP contribution in [0.4, 0.5) is 0 Å². The topological polar surface area (TPSA) is 40.5 Å². The van der Waals surface area contributed by atoms with E-state index in [-0.39, 0.29) is 11.5 Å². The number of phenols is 1. The number of rotatable bonds is 4. The quantitative estimate of drug-likeness (QED) is 0.624. The number of likely N-dealkylation sites (N-methyl/N-ethyl adjacent to an activating group) is 1. The second-order valence-electron chi connectivity index (χ2n) is 6.84. The second-order valence-corrected chi connectivity index (χ2v) is 8.47. The number of aryl methyl sites for hydroxylation is 2. The summed E-state index contributed by atoms with van der Waals surface area (Å²) in [6, 6.07) is 3.96. The van der Waals surface area contributed by atoms with E-state index in [1.54, 1.807) is 36.5 Å². The lowest BCUT2D eigenvalue weighted by molar-refractivity contribution is 0.105. The van der Waals surface area contributed by atoms with Gasteiger partial charge in [0.1, 0.15) is 5.75 Å². The third kappa shape index (κ3) is 3.52. The van der Waals surface area contributed by atoms with E-state index in [1.165, 1.54) is 16.0 Å². The van der Waals surface area contributed by atoms with Crippen molar-refractivity contribution < 1.29 is 9.90 Å². The summed E-state index contributed by atoms with van der Waals surface area (Å²) in [5, 5.41) is 10.0. The molecule has 0 spiro atoms. The number of nitrogens with zero attached hydrogens (tertiary/aromatic N) is 1. The SMILES string of the molecule is Cc1cc(/C=C/C(=O)c2sc(C)c3c2C[C@@H](N(C)C)C3)cc(Cl)c1O. The predicted molar refractivity (Wildman–Crippen MR) is 105 cm³/mol. The van der Waals surface area contributed by atoms with E-state index in [2.05, 4.69) is 25.9 Å². The summed E-state index contributed by atoms with van der Waals surface area (Å²) in [6.45, 7) is 3.89. The monoisotopic (exact) mass is 375 g/mol. The van der Waals surface area contributed by atoms with Crippen LogP contribution in [0, 0.1) is 13.8 Å². The van der Waals surface area contributed by atoms with E-state index in [0.29, 0.717) is 16.6 Å². The van der Waals surface area contributed by atoms with Gasteiger partial charge in [-0.1, -0.05) is 17.7 Å². The molecule has 1 heterocycles. The molecule has 0 aliphatic heterocycles. The summed E-state index contributed by atoms with van der Waals surface area (Å²) in [5.74, 6) is 0.127. The molecule has 1 aliphatic rings. The standard InChI is InChI=1S/C20H22ClNO2S/c1-11-7-13(8-17(21)19(11)24)5-6-18(23)20-16-10-14(22(3)4)9-15(16)12(2)25-20/h5-8,14,24H,9-10H2,1-4H3/b6-5+/t14-/m0/s1. The molecular weight excluding hydrogens is 354 g/mol. The fraction of sp³-hybridized carbons (Fsp3) is 0.350. The Morgan fingerprint density at radius 1 is 1.28 bits per heavy atom. The molecule has 3 rings (SSSR count). The highest BCUT2D eigenvalue weighted by Gasteiger charge is 2.30. The van der Waals surface area contributed by atoms with Gasteiger partial charge in [0.2, 0.25) is 0 Å². The minimum Gasteiger partial charge on any atom is -0.506 e. The Morgan fingerprint density at radius 3 is 2.60 bits per heavy atom. The van der Waals surface area contributed by atoms with Gasteiger partial charge in [0, 0.05) is 10.9 Å². The average molecular weight is 376 g/mol. The number of thiophene rings is 1. The third-order valence-electron chi connectivity index (χ3n) is 4.86. The number of benzene rings is 1. The van der Waals surface area contributed by atoms with E-state index in [4.69, 9.17) is 11.6 Å². The Kier molecular flexibility index (Phi) is 5.05. The summed E-state index contributed by atoms with van der Waals surface area (Å²) in [5.41, 5.74) is 4.07. The average Bonchev–Trinajstić information content (AvgIpc) is 3.11. The highest BCUT2D eigenvalue weighted by atomic mass is 35.5. The molecule has 1 aliphatic carbocycles. The fourth-order valence-electron chi connectivity index (χ4n) is 3.32. The van der Waals surface area contributed by atoms with Gasteiger partial charge in [-0.25, -0.2) is 0 Å². The van der Waals surface area contributed by atoms with Crippen molar-refractivity contribution in [3.05, 3.63) is 55.2 Å². The molecule has 1 N–H and O–H groups in total. The molecule has 0 fully saturated rings. The molecule has 1 aromatic heterocycles. The summed E-state index contributed by atoms with van der Waals surface area (Å²) < 4.78 is 0. The first-order valence-electron chi connectivity index (χ1n) is 8.27. The number of hydrogen-bond acceptors (Lipinski definition) is 4. The molecule has 1 atom stereocenters. The highest BCUT2D eigenvalue weighted by molar-refractivity contribution is 7.14. The van der Waals surface area contributed by atoms with Gasteiger partial charge in [0.25, 0.3) is 0 Å². The summed E-state index contributed by atoms with van der Waals surface area (Å²) in [4.78, 5) is 17.1. The highest BCUT2D eigenvalue weighted by Crippen LogP contribution is 2.37. The maximum Gasteiger partial charge on any atom is 0.196 e. The molecule has 5 heteroatoms. The van der Waals surface area contributed by atoms with Gasteiger partial charge in [0.15, 0.2) is 5.78 Å². The Balaban J connectivity index is 1.85. The maximum atomic E-state index is 12.7. The van der Waals surface area contributed by atoms with Crippen LogP contribution in [0.2, 0.25) is 5.02 Å². The minimum atomic E-state index is 0.0376. The first kappa shape index (κ1) is 18.2. The maximum absolute atomic E-state index is 12.7. The van der Waals surface area contributed by atoms with Crippen molar-refractivity contribution in [1.29, 1.82) is 0 Å². The minimum absolute atomic E-state index is 0.0376. The van der Waals surface area contributed by atoms with Crippen LogP contribution in [0.25, 0.3) is 6.08 Å². The van der Waals surface area contributed by atoms with Gasteiger partial charge in [-0.15, -0.1) is 11.3 Å². The Bertz CT molecular complexity index is 844. The number of phenolic OH excluding ortho intramolecular Hbond substituents is 1. The number of halogens is 1. The normalized spacial score (nSPS) is 16.8. The molecule has 2 aromatic rings. The van der Waals surface area contributed by atoms with Crippen LogP contribution in [-0.2, 0) is 12.8 Å². The van der Waals surface area contributed by atoms with Gasteiger partial charge in [0.05, 0.1) is 9.90 Å². The van der Waals surface area contributed by atoms with E-state index < -0.39 is 0 Å². The molecule has 0 amide bonds. The smallest absolute Gasteiger partial charge is 0.196 e. The molecule has 1 aromatic carbocycles. The van der Waals surface area contributed by atoms with Crippen LogP contribution < -0.4 is 0 Å². The second kappa shape index (κ2) is 6.94. The summed E-state index contributed by atoms with van der Waals surface area (Å²) in [7, 11) is 4.18. The lowest BCUT2D eigenvalue weighted by Gasteiger charge is -2.18. The molecular formula is C20H22ClNO2S. The van der Waals surface area contributed by atoms with Crippen molar-refractivity contribution in [2.75, 3.05) is 14.1 Å².